The Morgan fingerprint density at radius 1 is 0.870 bits per heavy atom. The normalized spacial score (nSPS) is 14.1. The number of carbonyl (C=O) groups is 2. The number of nitrogens with one attached hydrogen (secondary N) is 1. The number of amides is 1. The summed E-state index contributed by atoms with van der Waals surface area (Å²) in [5.41, 5.74) is 8.26. The molecule has 2 aromatic heterocycles. The summed E-state index contributed by atoms with van der Waals surface area (Å²) in [6.07, 6.45) is 1.86. The molecule has 0 aliphatic rings. The van der Waals surface area contributed by atoms with Crippen LogP contribution in [0.1, 0.15) is 51.6 Å². The molecule has 11 heteroatoms. The third kappa shape index (κ3) is 7.96. The van der Waals surface area contributed by atoms with Crippen molar-refractivity contribution in [1.82, 2.24) is 15.3 Å². The first-order chi connectivity index (χ1) is 21.5. The molecule has 0 fully saturated rings. The molecule has 0 aliphatic carbocycles. The van der Waals surface area contributed by atoms with Crippen molar-refractivity contribution in [2.24, 2.45) is 11.1 Å². The van der Waals surface area contributed by atoms with Gasteiger partial charge < -0.3 is 20.9 Å². The summed E-state index contributed by atoms with van der Waals surface area (Å²) in [5, 5.41) is 12.0. The molecule has 0 saturated carbocycles. The lowest BCUT2D eigenvalue weighted by molar-refractivity contribution is -0.142. The fraction of sp³-hybridized carbons (Fsp3) is 0.314. The van der Waals surface area contributed by atoms with E-state index in [0.717, 1.165) is 11.1 Å². The average Bonchev–Trinajstić information content (AvgIpc) is 3.00. The third-order valence-electron chi connectivity index (χ3n) is 7.54. The molecule has 10 nitrogen and oxygen atoms in total. The zero-order valence-electron chi connectivity index (χ0n) is 26.6. The number of alkyl carbamates (subject to hydrolysis) is 1. The Labute approximate surface area is 270 Å². The van der Waals surface area contributed by atoms with Crippen LogP contribution in [-0.2, 0) is 37.1 Å². The Morgan fingerprint density at radius 3 is 2.11 bits per heavy atom. The molecule has 0 saturated heterocycles. The van der Waals surface area contributed by atoms with E-state index in [1.807, 2.05) is 54.6 Å². The maximum Gasteiger partial charge on any atom is 0.408 e. The molecule has 2 unspecified atom stereocenters. The van der Waals surface area contributed by atoms with Crippen molar-refractivity contribution in [3.8, 4) is 11.1 Å². The van der Waals surface area contributed by atoms with E-state index < -0.39 is 43.8 Å². The number of ether oxygens (including phenoxy) is 1. The number of pyridine rings is 2. The molecule has 1 amide bonds. The maximum atomic E-state index is 14.2. The summed E-state index contributed by atoms with van der Waals surface area (Å²) < 4.78 is 34.0. The van der Waals surface area contributed by atoms with Crippen LogP contribution in [0.2, 0.25) is 0 Å². The van der Waals surface area contributed by atoms with E-state index >= 15 is 0 Å². The number of hydrogen-bond donors (Lipinski definition) is 3. The standard InChI is InChI=1S/C35H40N4O6S/c1-33(2,3)30(31(40)41)39-32(42)45-34(4,5)22-27-13-9-15-29(38-27)35(36,46(43,44)28-14-10-20-37-23-28)21-24-16-18-26(19-17-24)25-11-7-6-8-12-25/h6-20,23,30H,21-22,36H2,1-5H3,(H,39,42)(H,40,41). The third-order valence-corrected chi connectivity index (χ3v) is 9.72. The number of benzene rings is 2. The van der Waals surface area contributed by atoms with Crippen LogP contribution in [-0.4, -0.2) is 47.2 Å². The molecule has 0 aliphatic heterocycles. The molecular formula is C35H40N4O6S. The Kier molecular flexibility index (Phi) is 9.98. The first kappa shape index (κ1) is 34.3. The minimum absolute atomic E-state index is 0.0437. The van der Waals surface area contributed by atoms with Crippen molar-refractivity contribution in [1.29, 1.82) is 0 Å². The second-order valence-corrected chi connectivity index (χ2v) is 15.1. The van der Waals surface area contributed by atoms with Crippen molar-refractivity contribution in [3.05, 3.63) is 114 Å². The summed E-state index contributed by atoms with van der Waals surface area (Å²) in [6.45, 7) is 8.41. The number of carbonyl (C=O) groups excluding carboxylic acids is 1. The summed E-state index contributed by atoms with van der Waals surface area (Å²) in [6, 6.07) is 24.1. The lowest BCUT2D eigenvalue weighted by Crippen LogP contribution is -2.51. The van der Waals surface area contributed by atoms with Crippen LogP contribution in [0.3, 0.4) is 0 Å². The van der Waals surface area contributed by atoms with Crippen molar-refractivity contribution in [3.63, 3.8) is 0 Å². The number of carboxylic acids is 1. The van der Waals surface area contributed by atoms with E-state index in [9.17, 15) is 23.1 Å². The highest BCUT2D eigenvalue weighted by molar-refractivity contribution is 7.92. The molecule has 4 rings (SSSR count). The fourth-order valence-corrected chi connectivity index (χ4v) is 6.75. The van der Waals surface area contributed by atoms with Crippen molar-refractivity contribution < 1.29 is 27.9 Å². The van der Waals surface area contributed by atoms with Gasteiger partial charge in [-0.25, -0.2) is 18.0 Å². The second kappa shape index (κ2) is 13.4. The lowest BCUT2D eigenvalue weighted by Gasteiger charge is -2.31. The molecule has 4 aromatic rings. The lowest BCUT2D eigenvalue weighted by atomic mass is 9.87. The van der Waals surface area contributed by atoms with Crippen molar-refractivity contribution >= 4 is 21.9 Å². The van der Waals surface area contributed by atoms with Gasteiger partial charge in [0.25, 0.3) is 0 Å². The molecule has 46 heavy (non-hydrogen) atoms. The first-order valence-corrected chi connectivity index (χ1v) is 16.3. The second-order valence-electron chi connectivity index (χ2n) is 12.9. The number of rotatable bonds is 11. The van der Waals surface area contributed by atoms with E-state index in [-0.39, 0.29) is 23.4 Å². The van der Waals surface area contributed by atoms with Gasteiger partial charge in [-0.05, 0) is 60.2 Å². The van der Waals surface area contributed by atoms with Gasteiger partial charge in [0.05, 0.1) is 10.6 Å². The molecular weight excluding hydrogens is 604 g/mol. The maximum absolute atomic E-state index is 14.2. The van der Waals surface area contributed by atoms with Crippen LogP contribution in [0.5, 0.6) is 0 Å². The van der Waals surface area contributed by atoms with Gasteiger partial charge >= 0.3 is 12.1 Å². The molecule has 2 heterocycles. The predicted molar refractivity (Wildman–Crippen MR) is 175 cm³/mol. The number of carboxylic acid groups (broad SMARTS) is 1. The van der Waals surface area contributed by atoms with Gasteiger partial charge in [-0.3, -0.25) is 9.97 Å². The number of sulfone groups is 1. The van der Waals surface area contributed by atoms with Gasteiger partial charge in [0.15, 0.2) is 4.87 Å². The van der Waals surface area contributed by atoms with Crippen LogP contribution >= 0.6 is 0 Å². The quantitative estimate of drug-likeness (QED) is 0.191. The number of nitrogens with two attached hydrogens (primary N) is 1. The van der Waals surface area contributed by atoms with Crippen LogP contribution in [0.15, 0.2) is 102 Å². The highest BCUT2D eigenvalue weighted by Gasteiger charge is 2.45. The Hall–Kier alpha value is -4.61. The molecule has 242 valence electrons. The molecule has 2 atom stereocenters. The Balaban J connectivity index is 1.65. The van der Waals surface area contributed by atoms with Crippen LogP contribution < -0.4 is 11.1 Å². The molecule has 0 radical (unpaired) electrons. The molecule has 2 aromatic carbocycles. The minimum atomic E-state index is -4.23. The molecule has 0 spiro atoms. The topological polar surface area (TPSA) is 162 Å². The first-order valence-electron chi connectivity index (χ1n) is 14.8. The summed E-state index contributed by atoms with van der Waals surface area (Å²) in [4.78, 5) is 31.1. The van der Waals surface area contributed by atoms with E-state index in [0.29, 0.717) is 11.3 Å². The van der Waals surface area contributed by atoms with Crippen LogP contribution in [0.25, 0.3) is 11.1 Å². The van der Waals surface area contributed by atoms with Gasteiger partial charge in [0.2, 0.25) is 9.84 Å². The largest absolute Gasteiger partial charge is 0.480 e. The van der Waals surface area contributed by atoms with Crippen LogP contribution in [0, 0.1) is 5.41 Å². The average molecular weight is 645 g/mol. The van der Waals surface area contributed by atoms with Gasteiger partial charge in [-0.15, -0.1) is 0 Å². The fourth-order valence-electron chi connectivity index (χ4n) is 5.12. The number of nitrogens with zero attached hydrogens (tertiary/aromatic N) is 2. The van der Waals surface area contributed by atoms with E-state index in [4.69, 9.17) is 10.5 Å². The smallest absolute Gasteiger partial charge is 0.408 e. The highest BCUT2D eigenvalue weighted by atomic mass is 32.2. The zero-order valence-corrected chi connectivity index (χ0v) is 27.4. The van der Waals surface area contributed by atoms with Crippen molar-refractivity contribution in [2.75, 3.05) is 0 Å². The number of hydrogen-bond acceptors (Lipinski definition) is 8. The zero-order chi connectivity index (χ0) is 33.8. The SMILES string of the molecule is CC(C)(Cc1cccc(C(N)(Cc2ccc(-c3ccccc3)cc2)S(=O)(=O)c2cccnc2)n1)OC(=O)NC(C(=O)O)C(C)(C)C. The Morgan fingerprint density at radius 2 is 1.52 bits per heavy atom. The van der Waals surface area contributed by atoms with E-state index in [2.05, 4.69) is 15.3 Å². The summed E-state index contributed by atoms with van der Waals surface area (Å²) in [5.74, 6) is -1.18. The van der Waals surface area contributed by atoms with Gasteiger partial charge in [-0.2, -0.15) is 0 Å². The predicted octanol–water partition coefficient (Wildman–Crippen LogP) is 5.52. The highest BCUT2D eigenvalue weighted by Crippen LogP contribution is 2.34. The van der Waals surface area contributed by atoms with Gasteiger partial charge in [0.1, 0.15) is 11.6 Å². The van der Waals surface area contributed by atoms with Gasteiger partial charge in [0, 0.05) is 30.9 Å². The van der Waals surface area contributed by atoms with Crippen LogP contribution in [0.4, 0.5) is 4.79 Å². The Bertz CT molecular complexity index is 1770. The number of aliphatic carboxylic acids is 1. The summed E-state index contributed by atoms with van der Waals surface area (Å²) >= 11 is 0. The number of aromatic nitrogens is 2. The monoisotopic (exact) mass is 644 g/mol. The van der Waals surface area contributed by atoms with E-state index in [1.165, 1.54) is 24.5 Å². The van der Waals surface area contributed by atoms with Crippen molar-refractivity contribution in [2.45, 2.75) is 68.9 Å². The molecule has 4 N–H and O–H groups in total. The molecule has 0 bridgehead atoms. The van der Waals surface area contributed by atoms with Gasteiger partial charge in [-0.1, -0.05) is 81.4 Å². The van der Waals surface area contributed by atoms with E-state index in [1.54, 1.807) is 52.8 Å². The summed E-state index contributed by atoms with van der Waals surface area (Å²) in [7, 11) is -4.23. The minimum Gasteiger partial charge on any atom is -0.480 e.